The average Bonchev–Trinajstić information content (AvgIpc) is 2.43. The Morgan fingerprint density at radius 1 is 1.26 bits per heavy atom. The third kappa shape index (κ3) is 5.18. The van der Waals surface area contributed by atoms with E-state index >= 15 is 0 Å². The summed E-state index contributed by atoms with van der Waals surface area (Å²) in [6, 6.07) is 5.85. The molecule has 1 aromatic rings. The quantitative estimate of drug-likeness (QED) is 0.691. The van der Waals surface area contributed by atoms with Gasteiger partial charge < -0.3 is 20.5 Å². The van der Waals surface area contributed by atoms with Crippen molar-refractivity contribution in [3.05, 3.63) is 23.8 Å². The van der Waals surface area contributed by atoms with E-state index in [9.17, 15) is 4.79 Å². The number of aryl methyl sites for hydroxylation is 1. The highest BCUT2D eigenvalue weighted by Crippen LogP contribution is 2.27. The molecule has 0 radical (unpaired) electrons. The molecule has 5 nitrogen and oxygen atoms in total. The average molecular weight is 266 g/mol. The van der Waals surface area contributed by atoms with Gasteiger partial charge in [0, 0.05) is 19.5 Å². The molecule has 106 valence electrons. The van der Waals surface area contributed by atoms with Crippen molar-refractivity contribution in [1.82, 2.24) is 5.32 Å². The number of nitrogens with two attached hydrogens (primary N) is 1. The van der Waals surface area contributed by atoms with Gasteiger partial charge in [0.05, 0.1) is 14.2 Å². The number of benzene rings is 1. The summed E-state index contributed by atoms with van der Waals surface area (Å²) in [7, 11) is 3.24. The summed E-state index contributed by atoms with van der Waals surface area (Å²) in [4.78, 5) is 11.2. The van der Waals surface area contributed by atoms with Gasteiger partial charge in [0.15, 0.2) is 11.5 Å². The predicted octanol–water partition coefficient (Wildman–Crippen LogP) is 1.10. The smallest absolute Gasteiger partial charge is 0.221 e. The minimum Gasteiger partial charge on any atom is -0.493 e. The molecule has 1 aromatic carbocycles. The number of hydrogen-bond donors (Lipinski definition) is 2. The molecular weight excluding hydrogens is 244 g/mol. The fourth-order valence-electron chi connectivity index (χ4n) is 1.78. The van der Waals surface area contributed by atoms with Gasteiger partial charge in [-0.05, 0) is 30.5 Å². The van der Waals surface area contributed by atoms with E-state index in [0.29, 0.717) is 19.5 Å². The summed E-state index contributed by atoms with van der Waals surface area (Å²) in [5, 5.41) is 2.83. The summed E-state index contributed by atoms with van der Waals surface area (Å²) < 4.78 is 10.4. The van der Waals surface area contributed by atoms with Crippen LogP contribution in [0.3, 0.4) is 0 Å². The third-order valence-electron chi connectivity index (χ3n) is 2.78. The van der Waals surface area contributed by atoms with Gasteiger partial charge in [0.25, 0.3) is 0 Å². The Labute approximate surface area is 114 Å². The molecule has 0 aliphatic rings. The lowest BCUT2D eigenvalue weighted by Crippen LogP contribution is -2.26. The van der Waals surface area contributed by atoms with Gasteiger partial charge in [-0.3, -0.25) is 4.79 Å². The molecule has 0 spiro atoms. The molecule has 0 aliphatic carbocycles. The van der Waals surface area contributed by atoms with Crippen LogP contribution in [0.1, 0.15) is 18.4 Å². The molecular formula is C14H22N2O3. The van der Waals surface area contributed by atoms with Crippen molar-refractivity contribution in [2.75, 3.05) is 27.3 Å². The van der Waals surface area contributed by atoms with Crippen LogP contribution < -0.4 is 20.5 Å². The topological polar surface area (TPSA) is 73.6 Å². The number of nitrogens with one attached hydrogen (secondary N) is 1. The minimum atomic E-state index is 0.00908. The zero-order valence-corrected chi connectivity index (χ0v) is 11.6. The van der Waals surface area contributed by atoms with Crippen molar-refractivity contribution in [2.45, 2.75) is 19.3 Å². The molecule has 0 atom stereocenters. The van der Waals surface area contributed by atoms with E-state index in [1.54, 1.807) is 14.2 Å². The lowest BCUT2D eigenvalue weighted by Gasteiger charge is -2.09. The van der Waals surface area contributed by atoms with Gasteiger partial charge in [0.1, 0.15) is 0 Å². The first-order valence-corrected chi connectivity index (χ1v) is 6.39. The zero-order chi connectivity index (χ0) is 14.1. The summed E-state index contributed by atoms with van der Waals surface area (Å²) in [5.41, 5.74) is 6.46. The van der Waals surface area contributed by atoms with E-state index in [4.69, 9.17) is 15.2 Å². The molecule has 1 amide bonds. The highest BCUT2D eigenvalue weighted by Gasteiger charge is 2.04. The van der Waals surface area contributed by atoms with Crippen LogP contribution in [-0.4, -0.2) is 33.2 Å². The van der Waals surface area contributed by atoms with Crippen LogP contribution in [0.25, 0.3) is 0 Å². The Morgan fingerprint density at radius 2 is 2.00 bits per heavy atom. The number of carbonyl (C=O) groups is 1. The molecule has 0 bridgehead atoms. The maximum Gasteiger partial charge on any atom is 0.221 e. The summed E-state index contributed by atoms with van der Waals surface area (Å²) in [6.45, 7) is 1.05. The van der Waals surface area contributed by atoms with E-state index in [0.717, 1.165) is 29.9 Å². The first kappa shape index (κ1) is 15.3. The second-order valence-corrected chi connectivity index (χ2v) is 4.18. The number of methoxy groups -OCH3 is 2. The van der Waals surface area contributed by atoms with Crippen molar-refractivity contribution >= 4 is 5.91 Å². The van der Waals surface area contributed by atoms with E-state index < -0.39 is 0 Å². The van der Waals surface area contributed by atoms with Crippen LogP contribution in [-0.2, 0) is 11.2 Å². The number of hydrogen-bond acceptors (Lipinski definition) is 4. The van der Waals surface area contributed by atoms with Gasteiger partial charge in [-0.15, -0.1) is 0 Å². The van der Waals surface area contributed by atoms with Gasteiger partial charge in [-0.25, -0.2) is 0 Å². The van der Waals surface area contributed by atoms with Gasteiger partial charge >= 0.3 is 0 Å². The van der Waals surface area contributed by atoms with E-state index in [1.165, 1.54) is 0 Å². The third-order valence-corrected chi connectivity index (χ3v) is 2.78. The molecule has 0 aliphatic heterocycles. The second kappa shape index (κ2) is 8.37. The minimum absolute atomic E-state index is 0.00908. The monoisotopic (exact) mass is 266 g/mol. The highest BCUT2D eigenvalue weighted by atomic mass is 16.5. The lowest BCUT2D eigenvalue weighted by atomic mass is 10.1. The van der Waals surface area contributed by atoms with Crippen molar-refractivity contribution in [1.29, 1.82) is 0 Å². The zero-order valence-electron chi connectivity index (χ0n) is 11.6. The standard InChI is InChI=1S/C14H22N2O3/c1-18-12-6-5-11(10-13(12)19-2)4-3-9-16-14(17)7-8-15/h5-6,10H,3-4,7-9,15H2,1-2H3,(H,16,17). The Hall–Kier alpha value is -1.75. The molecule has 0 heterocycles. The second-order valence-electron chi connectivity index (χ2n) is 4.18. The molecule has 0 unspecified atom stereocenters. The first-order valence-electron chi connectivity index (χ1n) is 6.39. The Morgan fingerprint density at radius 3 is 2.63 bits per heavy atom. The van der Waals surface area contributed by atoms with Crippen LogP contribution in [0.4, 0.5) is 0 Å². The molecule has 5 heteroatoms. The van der Waals surface area contributed by atoms with Gasteiger partial charge in [-0.1, -0.05) is 6.07 Å². The molecule has 0 fully saturated rings. The first-order chi connectivity index (χ1) is 9.21. The van der Waals surface area contributed by atoms with Crippen LogP contribution in [0, 0.1) is 0 Å². The fraction of sp³-hybridized carbons (Fsp3) is 0.500. The van der Waals surface area contributed by atoms with Crippen LogP contribution >= 0.6 is 0 Å². The van der Waals surface area contributed by atoms with Crippen LogP contribution in [0.2, 0.25) is 0 Å². The van der Waals surface area contributed by atoms with Crippen molar-refractivity contribution in [2.24, 2.45) is 5.73 Å². The fourth-order valence-corrected chi connectivity index (χ4v) is 1.78. The molecule has 1 rings (SSSR count). The number of amides is 1. The SMILES string of the molecule is COc1ccc(CCCNC(=O)CCN)cc1OC. The largest absolute Gasteiger partial charge is 0.493 e. The van der Waals surface area contributed by atoms with E-state index in [1.807, 2.05) is 18.2 Å². The molecule has 0 saturated heterocycles. The number of rotatable bonds is 8. The normalized spacial score (nSPS) is 10.1. The molecule has 0 saturated carbocycles. The number of ether oxygens (including phenoxy) is 2. The Bertz CT molecular complexity index is 408. The Kier molecular flexibility index (Phi) is 6.74. The van der Waals surface area contributed by atoms with E-state index in [-0.39, 0.29) is 5.91 Å². The molecule has 0 aromatic heterocycles. The maximum absolute atomic E-state index is 11.2. The maximum atomic E-state index is 11.2. The summed E-state index contributed by atoms with van der Waals surface area (Å²) >= 11 is 0. The molecule has 19 heavy (non-hydrogen) atoms. The van der Waals surface area contributed by atoms with Crippen molar-refractivity contribution in [3.8, 4) is 11.5 Å². The number of carbonyl (C=O) groups excluding carboxylic acids is 1. The van der Waals surface area contributed by atoms with Crippen LogP contribution in [0.5, 0.6) is 11.5 Å². The Balaban J connectivity index is 2.39. The highest BCUT2D eigenvalue weighted by molar-refractivity contribution is 5.75. The van der Waals surface area contributed by atoms with E-state index in [2.05, 4.69) is 5.32 Å². The van der Waals surface area contributed by atoms with Gasteiger partial charge in [0.2, 0.25) is 5.91 Å². The molecule has 3 N–H and O–H groups in total. The lowest BCUT2D eigenvalue weighted by molar-refractivity contribution is -0.120. The van der Waals surface area contributed by atoms with Crippen LogP contribution in [0.15, 0.2) is 18.2 Å². The summed E-state index contributed by atoms with van der Waals surface area (Å²) in [5.74, 6) is 1.46. The summed E-state index contributed by atoms with van der Waals surface area (Å²) in [6.07, 6.45) is 2.14. The van der Waals surface area contributed by atoms with Crippen molar-refractivity contribution in [3.63, 3.8) is 0 Å². The predicted molar refractivity (Wildman–Crippen MR) is 74.5 cm³/mol. The van der Waals surface area contributed by atoms with Crippen molar-refractivity contribution < 1.29 is 14.3 Å². The van der Waals surface area contributed by atoms with Gasteiger partial charge in [-0.2, -0.15) is 0 Å².